The molecule has 0 saturated heterocycles. The van der Waals surface area contributed by atoms with Crippen molar-refractivity contribution in [2.45, 2.75) is 18.3 Å². The van der Waals surface area contributed by atoms with Crippen LogP contribution in [0.1, 0.15) is 18.5 Å². The zero-order valence-corrected chi connectivity index (χ0v) is 7.85. The van der Waals surface area contributed by atoms with Gasteiger partial charge >= 0.3 is 0 Å². The van der Waals surface area contributed by atoms with E-state index >= 15 is 0 Å². The smallest absolute Gasteiger partial charge is 0.155 e. The van der Waals surface area contributed by atoms with E-state index in [1.165, 1.54) is 12.8 Å². The minimum atomic E-state index is 0.173. The van der Waals surface area contributed by atoms with Gasteiger partial charge < -0.3 is 5.73 Å². The molecular weight excluding hydrogens is 176 g/mol. The number of rotatable bonds is 2. The minimum Gasteiger partial charge on any atom is -0.330 e. The van der Waals surface area contributed by atoms with Gasteiger partial charge in [0.2, 0.25) is 0 Å². The van der Waals surface area contributed by atoms with Crippen LogP contribution in [0.5, 0.6) is 0 Å². The van der Waals surface area contributed by atoms with Gasteiger partial charge in [-0.05, 0) is 18.9 Å². The molecule has 0 atom stereocenters. The summed E-state index contributed by atoms with van der Waals surface area (Å²) in [6.07, 6.45) is 6.04. The largest absolute Gasteiger partial charge is 0.330 e. The number of hydrogen-bond acceptors (Lipinski definition) is 3. The Kier molecular flexibility index (Phi) is 1.44. The summed E-state index contributed by atoms with van der Waals surface area (Å²) in [4.78, 5) is 4.56. The van der Waals surface area contributed by atoms with Gasteiger partial charge in [-0.1, -0.05) is 0 Å². The van der Waals surface area contributed by atoms with Crippen molar-refractivity contribution < 1.29 is 0 Å². The maximum absolute atomic E-state index is 5.76. The molecule has 14 heavy (non-hydrogen) atoms. The van der Waals surface area contributed by atoms with Gasteiger partial charge in [-0.3, -0.25) is 0 Å². The summed E-state index contributed by atoms with van der Waals surface area (Å²) in [6, 6.07) is 3.94. The molecule has 72 valence electrons. The Morgan fingerprint density at radius 2 is 2.29 bits per heavy atom. The highest BCUT2D eigenvalue weighted by Gasteiger charge is 2.44. The van der Waals surface area contributed by atoms with E-state index in [0.717, 1.165) is 11.3 Å². The van der Waals surface area contributed by atoms with Crippen molar-refractivity contribution in [1.29, 1.82) is 0 Å². The van der Waals surface area contributed by atoms with Gasteiger partial charge in [-0.15, -0.1) is 0 Å². The highest BCUT2D eigenvalue weighted by molar-refractivity contribution is 5.39. The molecule has 0 aromatic carbocycles. The third-order valence-corrected chi connectivity index (χ3v) is 3.05. The highest BCUT2D eigenvalue weighted by Crippen LogP contribution is 2.46. The number of fused-ring (bicyclic) bond motifs is 1. The molecule has 0 radical (unpaired) electrons. The molecule has 1 aliphatic carbocycles. The van der Waals surface area contributed by atoms with Crippen molar-refractivity contribution in [3.05, 3.63) is 30.2 Å². The summed E-state index contributed by atoms with van der Waals surface area (Å²) in [7, 11) is 0. The molecule has 1 aliphatic rings. The second-order valence-corrected chi connectivity index (χ2v) is 3.93. The minimum absolute atomic E-state index is 0.173. The molecule has 2 aromatic heterocycles. The number of nitrogens with two attached hydrogens (primary N) is 1. The maximum atomic E-state index is 5.76. The first kappa shape index (κ1) is 7.94. The van der Waals surface area contributed by atoms with Crippen molar-refractivity contribution in [2.75, 3.05) is 6.54 Å². The third-order valence-electron chi connectivity index (χ3n) is 3.05. The Labute approximate surface area is 81.8 Å². The molecule has 3 rings (SSSR count). The Morgan fingerprint density at radius 3 is 3.00 bits per heavy atom. The second kappa shape index (κ2) is 2.54. The van der Waals surface area contributed by atoms with Crippen LogP contribution < -0.4 is 5.73 Å². The zero-order valence-electron chi connectivity index (χ0n) is 7.85. The molecule has 2 N–H and O–H groups in total. The normalized spacial score (nSPS) is 18.6. The van der Waals surface area contributed by atoms with Gasteiger partial charge in [0, 0.05) is 24.2 Å². The molecule has 2 heterocycles. The van der Waals surface area contributed by atoms with Crippen LogP contribution >= 0.6 is 0 Å². The zero-order chi connectivity index (χ0) is 9.60. The first-order chi connectivity index (χ1) is 6.84. The van der Waals surface area contributed by atoms with Crippen molar-refractivity contribution in [2.24, 2.45) is 5.73 Å². The van der Waals surface area contributed by atoms with Crippen LogP contribution in [0.2, 0.25) is 0 Å². The lowest BCUT2D eigenvalue weighted by Gasteiger charge is -2.10. The molecule has 4 heteroatoms. The van der Waals surface area contributed by atoms with Crippen molar-refractivity contribution in [3.8, 4) is 0 Å². The summed E-state index contributed by atoms with van der Waals surface area (Å²) in [6.45, 7) is 0.699. The fraction of sp³-hybridized carbons (Fsp3) is 0.400. The standard InChI is InChI=1S/C10H12N4/c11-7-10(3-4-10)8-2-6-14-9(13-8)1-5-12-14/h1-2,5-6H,3-4,7,11H2. The fourth-order valence-electron chi connectivity index (χ4n) is 1.82. The second-order valence-electron chi connectivity index (χ2n) is 3.93. The van der Waals surface area contributed by atoms with E-state index in [-0.39, 0.29) is 5.41 Å². The molecule has 2 aromatic rings. The summed E-state index contributed by atoms with van der Waals surface area (Å²) >= 11 is 0. The van der Waals surface area contributed by atoms with Crippen molar-refractivity contribution in [3.63, 3.8) is 0 Å². The topological polar surface area (TPSA) is 56.2 Å². The number of hydrogen-bond donors (Lipinski definition) is 1. The van der Waals surface area contributed by atoms with Crippen LogP contribution in [0, 0.1) is 0 Å². The lowest BCUT2D eigenvalue weighted by molar-refractivity contribution is 0.676. The summed E-state index contributed by atoms with van der Waals surface area (Å²) in [5, 5.41) is 4.11. The average Bonchev–Trinajstić information content (AvgIpc) is 2.89. The molecule has 4 nitrogen and oxygen atoms in total. The molecule has 0 amide bonds. The maximum Gasteiger partial charge on any atom is 0.155 e. The van der Waals surface area contributed by atoms with Gasteiger partial charge in [-0.2, -0.15) is 5.10 Å². The van der Waals surface area contributed by atoms with Crippen LogP contribution in [0.3, 0.4) is 0 Å². The molecule has 1 saturated carbocycles. The third kappa shape index (κ3) is 0.974. The Bertz CT molecular complexity index is 470. The Balaban J connectivity index is 2.13. The lowest BCUT2D eigenvalue weighted by Crippen LogP contribution is -2.21. The van der Waals surface area contributed by atoms with Crippen LogP contribution in [-0.2, 0) is 5.41 Å². The molecular formula is C10H12N4. The number of nitrogens with zero attached hydrogens (tertiary/aromatic N) is 3. The molecule has 0 aliphatic heterocycles. The van der Waals surface area contributed by atoms with Crippen LogP contribution in [0.25, 0.3) is 5.65 Å². The van der Waals surface area contributed by atoms with Crippen LogP contribution in [0.4, 0.5) is 0 Å². The van der Waals surface area contributed by atoms with Crippen molar-refractivity contribution in [1.82, 2.24) is 14.6 Å². The Hall–Kier alpha value is -1.42. The molecule has 0 spiro atoms. The lowest BCUT2D eigenvalue weighted by atomic mass is 10.0. The monoisotopic (exact) mass is 188 g/mol. The molecule has 0 bridgehead atoms. The first-order valence-electron chi connectivity index (χ1n) is 4.85. The molecule has 1 fully saturated rings. The Morgan fingerprint density at radius 1 is 1.43 bits per heavy atom. The van der Waals surface area contributed by atoms with Gasteiger partial charge in [0.25, 0.3) is 0 Å². The van der Waals surface area contributed by atoms with E-state index in [0.29, 0.717) is 6.54 Å². The number of aromatic nitrogens is 3. The van der Waals surface area contributed by atoms with E-state index in [1.807, 2.05) is 18.3 Å². The van der Waals surface area contributed by atoms with Gasteiger partial charge in [-0.25, -0.2) is 9.50 Å². The summed E-state index contributed by atoms with van der Waals surface area (Å²) in [5.41, 5.74) is 7.95. The predicted molar refractivity (Wildman–Crippen MR) is 53.0 cm³/mol. The van der Waals surface area contributed by atoms with Crippen LogP contribution in [-0.4, -0.2) is 21.1 Å². The van der Waals surface area contributed by atoms with E-state index in [2.05, 4.69) is 10.1 Å². The van der Waals surface area contributed by atoms with Gasteiger partial charge in [0.1, 0.15) is 0 Å². The van der Waals surface area contributed by atoms with E-state index < -0.39 is 0 Å². The average molecular weight is 188 g/mol. The van der Waals surface area contributed by atoms with E-state index in [9.17, 15) is 0 Å². The first-order valence-corrected chi connectivity index (χ1v) is 4.85. The van der Waals surface area contributed by atoms with Crippen LogP contribution in [0.15, 0.2) is 24.5 Å². The highest BCUT2D eigenvalue weighted by atomic mass is 15.2. The summed E-state index contributed by atoms with van der Waals surface area (Å²) in [5.74, 6) is 0. The molecule has 0 unspecified atom stereocenters. The van der Waals surface area contributed by atoms with E-state index in [1.54, 1.807) is 10.7 Å². The summed E-state index contributed by atoms with van der Waals surface area (Å²) < 4.78 is 1.77. The van der Waals surface area contributed by atoms with Crippen molar-refractivity contribution >= 4 is 5.65 Å². The fourth-order valence-corrected chi connectivity index (χ4v) is 1.82. The SMILES string of the molecule is NCC1(c2ccn3nccc3n2)CC1. The van der Waals surface area contributed by atoms with E-state index in [4.69, 9.17) is 5.73 Å². The predicted octanol–water partition coefficient (Wildman–Crippen LogP) is 0.720. The van der Waals surface area contributed by atoms with Gasteiger partial charge in [0.05, 0.1) is 11.9 Å². The van der Waals surface area contributed by atoms with Gasteiger partial charge in [0.15, 0.2) is 5.65 Å². The quantitative estimate of drug-likeness (QED) is 0.755.